The molecular formula is C17H16N2O3S. The number of ether oxygens (including phenoxy) is 1. The molecule has 1 N–H and O–H groups in total. The lowest BCUT2D eigenvalue weighted by Crippen LogP contribution is -2.18. The van der Waals surface area contributed by atoms with Crippen LogP contribution in [0.25, 0.3) is 22.0 Å². The molecule has 0 saturated heterocycles. The second kappa shape index (κ2) is 6.66. The lowest BCUT2D eigenvalue weighted by atomic mass is 10.2. The van der Waals surface area contributed by atoms with Gasteiger partial charge < -0.3 is 14.5 Å². The number of hydrogen-bond acceptors (Lipinski definition) is 5. The number of thiazole rings is 1. The molecule has 0 aliphatic rings. The Kier molecular flexibility index (Phi) is 4.43. The molecule has 0 aliphatic heterocycles. The monoisotopic (exact) mass is 328 g/mol. The van der Waals surface area contributed by atoms with Crippen LogP contribution in [0.5, 0.6) is 5.75 Å². The van der Waals surface area contributed by atoms with Crippen LogP contribution in [0.3, 0.4) is 0 Å². The van der Waals surface area contributed by atoms with E-state index in [0.717, 1.165) is 22.0 Å². The number of furan rings is 1. The third kappa shape index (κ3) is 3.60. The summed E-state index contributed by atoms with van der Waals surface area (Å²) in [6.45, 7) is 1.85. The van der Waals surface area contributed by atoms with E-state index in [0.29, 0.717) is 18.1 Å². The Balaban J connectivity index is 1.80. The third-order valence-electron chi connectivity index (χ3n) is 3.25. The summed E-state index contributed by atoms with van der Waals surface area (Å²) >= 11 is 1.55. The van der Waals surface area contributed by atoms with Crippen molar-refractivity contribution in [3.8, 4) is 27.8 Å². The Morgan fingerprint density at radius 1 is 1.35 bits per heavy atom. The van der Waals surface area contributed by atoms with Crippen LogP contribution < -0.4 is 10.1 Å². The Hall–Kier alpha value is -2.60. The highest BCUT2D eigenvalue weighted by Gasteiger charge is 2.11. The van der Waals surface area contributed by atoms with Crippen LogP contribution in [-0.2, 0) is 11.3 Å². The molecule has 0 aliphatic carbocycles. The van der Waals surface area contributed by atoms with Gasteiger partial charge in [-0.15, -0.1) is 11.3 Å². The molecule has 0 atom stereocenters. The molecule has 0 unspecified atom stereocenters. The van der Waals surface area contributed by atoms with Crippen LogP contribution >= 0.6 is 11.3 Å². The number of amides is 1. The van der Waals surface area contributed by atoms with E-state index in [2.05, 4.69) is 10.3 Å². The Morgan fingerprint density at radius 3 is 3.00 bits per heavy atom. The lowest BCUT2D eigenvalue weighted by molar-refractivity contribution is -0.119. The summed E-state index contributed by atoms with van der Waals surface area (Å²) in [6.07, 6.45) is 0. The summed E-state index contributed by atoms with van der Waals surface area (Å²) in [6, 6.07) is 11.5. The first kappa shape index (κ1) is 15.3. The minimum atomic E-state index is -0.0862. The van der Waals surface area contributed by atoms with Crippen molar-refractivity contribution in [3.63, 3.8) is 0 Å². The number of nitrogens with one attached hydrogen (secondary N) is 1. The van der Waals surface area contributed by atoms with Crippen molar-refractivity contribution in [2.24, 2.45) is 0 Å². The third-order valence-corrected chi connectivity index (χ3v) is 4.14. The van der Waals surface area contributed by atoms with Crippen molar-refractivity contribution < 1.29 is 13.9 Å². The summed E-state index contributed by atoms with van der Waals surface area (Å²) in [5.41, 5.74) is 1.78. The number of methoxy groups -OCH3 is 1. The van der Waals surface area contributed by atoms with E-state index in [1.54, 1.807) is 18.4 Å². The predicted octanol–water partition coefficient (Wildman–Crippen LogP) is 3.71. The van der Waals surface area contributed by atoms with Gasteiger partial charge in [-0.25, -0.2) is 4.98 Å². The number of carbonyl (C=O) groups is 1. The van der Waals surface area contributed by atoms with Crippen molar-refractivity contribution in [1.29, 1.82) is 0 Å². The van der Waals surface area contributed by atoms with Crippen LogP contribution in [0, 0.1) is 0 Å². The van der Waals surface area contributed by atoms with E-state index in [4.69, 9.17) is 9.15 Å². The highest BCUT2D eigenvalue weighted by molar-refractivity contribution is 7.13. The molecule has 0 saturated carbocycles. The topological polar surface area (TPSA) is 64.4 Å². The van der Waals surface area contributed by atoms with Crippen molar-refractivity contribution in [2.45, 2.75) is 13.5 Å². The van der Waals surface area contributed by atoms with Crippen molar-refractivity contribution in [1.82, 2.24) is 10.3 Å². The van der Waals surface area contributed by atoms with Crippen LogP contribution in [0.4, 0.5) is 0 Å². The molecule has 0 fully saturated rings. The normalized spacial score (nSPS) is 10.5. The molecule has 6 heteroatoms. The van der Waals surface area contributed by atoms with E-state index in [1.807, 2.05) is 41.8 Å². The molecule has 2 heterocycles. The Morgan fingerprint density at radius 2 is 2.22 bits per heavy atom. The minimum absolute atomic E-state index is 0.0862. The summed E-state index contributed by atoms with van der Waals surface area (Å²) in [7, 11) is 1.64. The highest BCUT2D eigenvalue weighted by atomic mass is 32.1. The van der Waals surface area contributed by atoms with Crippen molar-refractivity contribution >= 4 is 17.2 Å². The van der Waals surface area contributed by atoms with Gasteiger partial charge in [-0.3, -0.25) is 4.79 Å². The lowest BCUT2D eigenvalue weighted by Gasteiger charge is -2.01. The average molecular weight is 328 g/mol. The molecule has 5 nitrogen and oxygen atoms in total. The fourth-order valence-electron chi connectivity index (χ4n) is 2.10. The predicted molar refractivity (Wildman–Crippen MR) is 89.3 cm³/mol. The molecule has 1 aromatic carbocycles. The quantitative estimate of drug-likeness (QED) is 0.775. The maximum atomic E-state index is 10.9. The molecule has 1 amide bonds. The largest absolute Gasteiger partial charge is 0.497 e. The summed E-state index contributed by atoms with van der Waals surface area (Å²) in [5, 5.41) is 5.56. The van der Waals surface area contributed by atoms with Gasteiger partial charge in [0.05, 0.1) is 13.7 Å². The van der Waals surface area contributed by atoms with Gasteiger partial charge in [0, 0.05) is 17.9 Å². The van der Waals surface area contributed by atoms with E-state index in [1.165, 1.54) is 6.92 Å². The maximum absolute atomic E-state index is 10.9. The molecule has 2 aromatic heterocycles. The van der Waals surface area contributed by atoms with E-state index in [9.17, 15) is 4.79 Å². The number of benzene rings is 1. The Bertz CT molecular complexity index is 823. The Labute approximate surface area is 137 Å². The number of rotatable bonds is 5. The standard InChI is InChI=1S/C17H16N2O3S/c1-11(20)18-9-14-6-7-16(22-14)15-10-23-17(19-15)12-4-3-5-13(8-12)21-2/h3-8,10H,9H2,1-2H3,(H,18,20). The van der Waals surface area contributed by atoms with Gasteiger partial charge in [-0.05, 0) is 24.3 Å². The first-order valence-electron chi connectivity index (χ1n) is 7.09. The second-order valence-electron chi connectivity index (χ2n) is 4.95. The van der Waals surface area contributed by atoms with Gasteiger partial charge in [0.25, 0.3) is 0 Å². The smallest absolute Gasteiger partial charge is 0.217 e. The van der Waals surface area contributed by atoms with E-state index in [-0.39, 0.29) is 5.91 Å². The fourth-order valence-corrected chi connectivity index (χ4v) is 2.90. The van der Waals surface area contributed by atoms with Gasteiger partial charge in [0.15, 0.2) is 5.76 Å². The first-order chi connectivity index (χ1) is 11.2. The highest BCUT2D eigenvalue weighted by Crippen LogP contribution is 2.31. The van der Waals surface area contributed by atoms with E-state index >= 15 is 0 Å². The fraction of sp³-hybridized carbons (Fsp3) is 0.176. The molecule has 0 bridgehead atoms. The van der Waals surface area contributed by atoms with Crippen molar-refractivity contribution in [2.75, 3.05) is 7.11 Å². The molecular weight excluding hydrogens is 312 g/mol. The molecule has 0 radical (unpaired) electrons. The summed E-state index contributed by atoms with van der Waals surface area (Å²) < 4.78 is 11.0. The minimum Gasteiger partial charge on any atom is -0.497 e. The molecule has 3 rings (SSSR count). The molecule has 3 aromatic rings. The van der Waals surface area contributed by atoms with Gasteiger partial charge in [0.2, 0.25) is 5.91 Å². The van der Waals surface area contributed by atoms with Gasteiger partial charge in [-0.1, -0.05) is 12.1 Å². The first-order valence-corrected chi connectivity index (χ1v) is 7.97. The molecule has 118 valence electrons. The zero-order chi connectivity index (χ0) is 16.2. The van der Waals surface area contributed by atoms with Crippen molar-refractivity contribution in [3.05, 3.63) is 47.5 Å². The number of nitrogens with zero attached hydrogens (tertiary/aromatic N) is 1. The van der Waals surface area contributed by atoms with Crippen LogP contribution in [-0.4, -0.2) is 18.0 Å². The molecule has 0 spiro atoms. The number of hydrogen-bond donors (Lipinski definition) is 1. The summed E-state index contributed by atoms with van der Waals surface area (Å²) in [5.74, 6) is 2.11. The second-order valence-corrected chi connectivity index (χ2v) is 5.80. The number of aromatic nitrogens is 1. The zero-order valence-electron chi connectivity index (χ0n) is 12.8. The van der Waals surface area contributed by atoms with E-state index < -0.39 is 0 Å². The van der Waals surface area contributed by atoms with Gasteiger partial charge in [-0.2, -0.15) is 0 Å². The van der Waals surface area contributed by atoms with Gasteiger partial charge in [0.1, 0.15) is 22.2 Å². The maximum Gasteiger partial charge on any atom is 0.217 e. The zero-order valence-corrected chi connectivity index (χ0v) is 13.6. The molecule has 23 heavy (non-hydrogen) atoms. The summed E-state index contributed by atoms with van der Waals surface area (Å²) in [4.78, 5) is 15.5. The van der Waals surface area contributed by atoms with Crippen LogP contribution in [0.15, 0.2) is 46.2 Å². The average Bonchev–Trinajstić information content (AvgIpc) is 3.22. The number of carbonyl (C=O) groups excluding carboxylic acids is 1. The SMILES string of the molecule is COc1cccc(-c2nc(-c3ccc(CNC(C)=O)o3)cs2)c1. The van der Waals surface area contributed by atoms with Crippen LogP contribution in [0.1, 0.15) is 12.7 Å². The van der Waals surface area contributed by atoms with Gasteiger partial charge >= 0.3 is 0 Å². The van der Waals surface area contributed by atoms with Crippen LogP contribution in [0.2, 0.25) is 0 Å².